The lowest BCUT2D eigenvalue weighted by atomic mass is 9.33. The molecule has 0 bridgehead atoms. The Labute approximate surface area is 412 Å². The van der Waals surface area contributed by atoms with Crippen LogP contribution in [0.5, 0.6) is 0 Å². The van der Waals surface area contributed by atoms with Crippen LogP contribution in [-0.4, -0.2) is 20.1 Å². The number of para-hydroxylation sites is 8. The summed E-state index contributed by atoms with van der Waals surface area (Å²) in [6.07, 6.45) is 0. The first-order chi connectivity index (χ1) is 35.8. The lowest BCUT2D eigenvalue weighted by Crippen LogP contribution is -2.60. The van der Waals surface area contributed by atoms with Crippen LogP contribution in [0.25, 0.3) is 104 Å². The Balaban J connectivity index is 0.987. The Kier molecular flexibility index (Phi) is 6.86. The highest BCUT2D eigenvalue weighted by Crippen LogP contribution is 2.49. The van der Waals surface area contributed by atoms with Crippen LogP contribution in [0.1, 0.15) is 0 Å². The molecule has 2 aliphatic rings. The maximum Gasteiger partial charge on any atom is 0.252 e. The molecule has 0 amide bonds. The molecule has 0 radical (unpaired) electrons. The Hall–Kier alpha value is -9.52. The highest BCUT2D eigenvalue weighted by Gasteiger charge is 2.43. The second-order valence-corrected chi connectivity index (χ2v) is 20.0. The molecule has 16 aromatic rings. The van der Waals surface area contributed by atoms with Gasteiger partial charge >= 0.3 is 0 Å². The summed E-state index contributed by atoms with van der Waals surface area (Å²) in [4.78, 5) is 5.06. The number of nitrogens with zero attached hydrogens (tertiary/aromatic N) is 5. The van der Waals surface area contributed by atoms with Crippen molar-refractivity contribution in [1.82, 2.24) is 13.4 Å². The van der Waals surface area contributed by atoms with Crippen molar-refractivity contribution in [3.63, 3.8) is 0 Å². The van der Waals surface area contributed by atoms with E-state index in [1.807, 2.05) is 0 Å². The first kappa shape index (κ1) is 37.4. The number of hydrogen-bond acceptors (Lipinski definition) is 2. The summed E-state index contributed by atoms with van der Waals surface area (Å²) < 4.78 is 7.61. The van der Waals surface area contributed by atoms with E-state index >= 15 is 0 Å². The van der Waals surface area contributed by atoms with Gasteiger partial charge in [-0.3, -0.25) is 0 Å². The van der Waals surface area contributed by atoms with Gasteiger partial charge in [-0.2, -0.15) is 0 Å². The van der Waals surface area contributed by atoms with E-state index in [2.05, 4.69) is 254 Å². The van der Waals surface area contributed by atoms with Crippen LogP contribution >= 0.6 is 0 Å². The quantitative estimate of drug-likeness (QED) is 0.164. The average Bonchev–Trinajstić information content (AvgIpc) is 4.24. The first-order valence-corrected chi connectivity index (χ1v) is 25.1. The molecule has 0 saturated carbocycles. The fourth-order valence-electron chi connectivity index (χ4n) is 13.9. The van der Waals surface area contributed by atoms with E-state index in [4.69, 9.17) is 0 Å². The van der Waals surface area contributed by atoms with E-state index in [9.17, 15) is 0 Å². The zero-order chi connectivity index (χ0) is 46.5. The van der Waals surface area contributed by atoms with Gasteiger partial charge in [0, 0.05) is 93.5 Å². The molecule has 0 fully saturated rings. The third kappa shape index (κ3) is 4.48. The molecule has 7 heterocycles. The second kappa shape index (κ2) is 13.2. The minimum atomic E-state index is -0.0335. The predicted molar refractivity (Wildman–Crippen MR) is 304 cm³/mol. The number of hydrogen-bond donors (Lipinski definition) is 0. The topological polar surface area (TPSA) is 20.2 Å². The Morgan fingerprint density at radius 3 is 1.49 bits per heavy atom. The minimum Gasteiger partial charge on any atom is -0.311 e. The highest BCUT2D eigenvalue weighted by atomic mass is 15.2. The second-order valence-electron chi connectivity index (χ2n) is 20.0. The van der Waals surface area contributed by atoms with E-state index in [0.29, 0.717) is 0 Å². The molecule has 2 aliphatic heterocycles. The maximum atomic E-state index is 2.59. The molecule has 6 heteroatoms. The number of benzene rings is 11. The number of fused-ring (bicyclic) bond motifs is 19. The van der Waals surface area contributed by atoms with Gasteiger partial charge in [-0.1, -0.05) is 158 Å². The Morgan fingerprint density at radius 1 is 0.292 bits per heavy atom. The monoisotopic (exact) mass is 911 g/mol. The van der Waals surface area contributed by atoms with Crippen molar-refractivity contribution in [3.05, 3.63) is 231 Å². The van der Waals surface area contributed by atoms with Crippen LogP contribution in [-0.2, 0) is 0 Å². The Bertz CT molecular complexity index is 5010. The van der Waals surface area contributed by atoms with Gasteiger partial charge in [-0.25, -0.2) is 0 Å². The molecule has 0 aliphatic carbocycles. The van der Waals surface area contributed by atoms with E-state index in [1.165, 1.54) is 131 Å². The van der Waals surface area contributed by atoms with Gasteiger partial charge in [0.15, 0.2) is 0 Å². The highest BCUT2D eigenvalue weighted by molar-refractivity contribution is 7.00. The largest absolute Gasteiger partial charge is 0.311 e. The SMILES string of the molecule is c1ccc(N(c2cc3c4c(c2)-n2c5ccccc5c5cccc(c52)B4c2cc4c5cccc6c7ccccc7n(c4cc2N3c2ccccc2)c65)c2ccc3c4cccc5c6ccccc6n(c3c2)c54)cc1. The van der Waals surface area contributed by atoms with Gasteiger partial charge in [-0.05, 0) is 89.2 Å². The summed E-state index contributed by atoms with van der Waals surface area (Å²) in [5.74, 6) is 0. The molecule has 330 valence electrons. The van der Waals surface area contributed by atoms with Crippen molar-refractivity contribution in [2.24, 2.45) is 0 Å². The van der Waals surface area contributed by atoms with Crippen molar-refractivity contribution in [3.8, 4) is 5.69 Å². The molecule has 18 rings (SSSR count). The molecule has 0 atom stereocenters. The molecule has 0 saturated heterocycles. The standard InChI is InChI=1S/C66H38BN5/c1-3-16-39(17-4-1)68(41-32-33-46-49-25-13-23-47-43-20-7-10-29-55(43)70(64(47)49)58(46)34-41)42-35-61-63-62(36-42)72-57-31-12-9-22-45(57)50-27-15-28-53(66(50)72)67(63)54-37-52-51-26-14-24-48-44-21-8-11-30-56(44)71(65(48)51)59(52)38-60(54)69(61)40-18-5-2-6-19-40/h1-38H. The smallest absolute Gasteiger partial charge is 0.252 e. The first-order valence-electron chi connectivity index (χ1n) is 25.1. The van der Waals surface area contributed by atoms with E-state index in [-0.39, 0.29) is 6.71 Å². The minimum absolute atomic E-state index is 0.0335. The molecule has 0 unspecified atom stereocenters. The number of aromatic nitrogens is 3. The van der Waals surface area contributed by atoms with E-state index in [1.54, 1.807) is 0 Å². The summed E-state index contributed by atoms with van der Waals surface area (Å²) in [7, 11) is 0. The Morgan fingerprint density at radius 2 is 0.806 bits per heavy atom. The third-order valence-electron chi connectivity index (χ3n) is 16.6. The van der Waals surface area contributed by atoms with Crippen molar-refractivity contribution < 1.29 is 0 Å². The van der Waals surface area contributed by atoms with E-state index in [0.717, 1.165) is 22.7 Å². The van der Waals surface area contributed by atoms with E-state index < -0.39 is 0 Å². The molecule has 0 N–H and O–H groups in total. The molecule has 5 nitrogen and oxygen atoms in total. The van der Waals surface area contributed by atoms with Crippen molar-refractivity contribution in [2.45, 2.75) is 0 Å². The lowest BCUT2D eigenvalue weighted by Gasteiger charge is -2.41. The van der Waals surface area contributed by atoms with Crippen molar-refractivity contribution in [2.75, 3.05) is 9.80 Å². The summed E-state index contributed by atoms with van der Waals surface area (Å²) in [6.45, 7) is -0.0335. The van der Waals surface area contributed by atoms with Gasteiger partial charge in [0.25, 0.3) is 6.71 Å². The fourth-order valence-corrected chi connectivity index (χ4v) is 13.9. The van der Waals surface area contributed by atoms with Gasteiger partial charge in [0.2, 0.25) is 0 Å². The molecular weight excluding hydrogens is 874 g/mol. The van der Waals surface area contributed by atoms with Crippen LogP contribution in [0.4, 0.5) is 34.1 Å². The zero-order valence-corrected chi connectivity index (χ0v) is 38.8. The molecule has 0 spiro atoms. The predicted octanol–water partition coefficient (Wildman–Crippen LogP) is 15.2. The van der Waals surface area contributed by atoms with Crippen molar-refractivity contribution >= 4 is 155 Å². The third-order valence-corrected chi connectivity index (χ3v) is 16.6. The molecule has 11 aromatic carbocycles. The zero-order valence-electron chi connectivity index (χ0n) is 38.8. The summed E-state index contributed by atoms with van der Waals surface area (Å²) >= 11 is 0. The molecule has 72 heavy (non-hydrogen) atoms. The number of anilines is 6. The number of rotatable bonds is 4. The fraction of sp³-hybridized carbons (Fsp3) is 0. The summed E-state index contributed by atoms with van der Waals surface area (Å²) in [5, 5.41) is 12.8. The molecular formula is C66H38BN5. The van der Waals surface area contributed by atoms with Crippen LogP contribution in [0, 0.1) is 0 Å². The lowest BCUT2D eigenvalue weighted by molar-refractivity contribution is 1.16. The van der Waals surface area contributed by atoms with Gasteiger partial charge in [0.1, 0.15) is 0 Å². The average molecular weight is 912 g/mol. The summed E-state index contributed by atoms with van der Waals surface area (Å²) in [5.41, 5.74) is 21.9. The van der Waals surface area contributed by atoms with Crippen LogP contribution in [0.15, 0.2) is 231 Å². The van der Waals surface area contributed by atoms with Crippen LogP contribution in [0.3, 0.4) is 0 Å². The van der Waals surface area contributed by atoms with Crippen LogP contribution in [0.2, 0.25) is 0 Å². The summed E-state index contributed by atoms with van der Waals surface area (Å²) in [6, 6.07) is 86.6. The normalized spacial score (nSPS) is 13.2. The maximum absolute atomic E-state index is 2.59. The van der Waals surface area contributed by atoms with Gasteiger partial charge in [0.05, 0.1) is 44.3 Å². The van der Waals surface area contributed by atoms with Gasteiger partial charge < -0.3 is 23.2 Å². The molecule has 5 aromatic heterocycles. The van der Waals surface area contributed by atoms with Crippen LogP contribution < -0.4 is 26.2 Å². The van der Waals surface area contributed by atoms with Crippen molar-refractivity contribution in [1.29, 1.82) is 0 Å². The van der Waals surface area contributed by atoms with Gasteiger partial charge in [-0.15, -0.1) is 0 Å².